The second kappa shape index (κ2) is 11.1. The van der Waals surface area contributed by atoms with E-state index in [0.717, 1.165) is 29.8 Å². The minimum atomic E-state index is -4.74. The summed E-state index contributed by atoms with van der Waals surface area (Å²) in [5.41, 5.74) is 2.48. The summed E-state index contributed by atoms with van der Waals surface area (Å²) in [6, 6.07) is 13.2. The van der Waals surface area contributed by atoms with E-state index in [-0.39, 0.29) is 18.1 Å². The Bertz CT molecular complexity index is 1090. The number of carboxylic acids is 1. The molecule has 3 aromatic rings. The molecule has 2 aromatic carbocycles. The number of hydrogen-bond donors (Lipinski definition) is 1. The Hall–Kier alpha value is -3.49. The Morgan fingerprint density at radius 3 is 2.53 bits per heavy atom. The molecule has 6 nitrogen and oxygen atoms in total. The molecule has 0 fully saturated rings. The van der Waals surface area contributed by atoms with E-state index in [9.17, 15) is 18.0 Å². The van der Waals surface area contributed by atoms with Gasteiger partial charge >= 0.3 is 12.3 Å². The highest BCUT2D eigenvalue weighted by atomic mass is 19.4. The minimum Gasteiger partial charge on any atom is -0.493 e. The Morgan fingerprint density at radius 1 is 1.15 bits per heavy atom. The lowest BCUT2D eigenvalue weighted by Crippen LogP contribution is -2.17. The fraction of sp³-hybridized carbons (Fsp3) is 0.360. The van der Waals surface area contributed by atoms with Crippen LogP contribution in [0.2, 0.25) is 0 Å². The highest BCUT2D eigenvalue weighted by Crippen LogP contribution is 2.28. The number of rotatable bonds is 11. The third kappa shape index (κ3) is 7.26. The molecule has 0 saturated heterocycles. The lowest BCUT2D eigenvalue weighted by Gasteiger charge is -2.16. The quantitative estimate of drug-likeness (QED) is 0.340. The van der Waals surface area contributed by atoms with Gasteiger partial charge in [-0.25, -0.2) is 4.98 Å². The van der Waals surface area contributed by atoms with E-state index in [0.29, 0.717) is 24.5 Å². The topological polar surface area (TPSA) is 73.6 Å². The molecule has 9 heteroatoms. The van der Waals surface area contributed by atoms with Crippen LogP contribution in [0.5, 0.6) is 11.5 Å². The average molecular weight is 476 g/mol. The third-order valence-electron chi connectivity index (χ3n) is 5.32. The predicted octanol–water partition coefficient (Wildman–Crippen LogP) is 6.08. The molecule has 0 spiro atoms. The van der Waals surface area contributed by atoms with E-state index in [1.54, 1.807) is 18.3 Å². The molecular weight excluding hydrogens is 449 g/mol. The fourth-order valence-electron chi connectivity index (χ4n) is 3.66. The molecule has 3 rings (SSSR count). The molecule has 0 bridgehead atoms. The van der Waals surface area contributed by atoms with Crippen molar-refractivity contribution in [1.29, 1.82) is 0 Å². The lowest BCUT2D eigenvalue weighted by molar-refractivity contribution is -0.274. The smallest absolute Gasteiger partial charge is 0.493 e. The zero-order valence-electron chi connectivity index (χ0n) is 19.0. The number of benzene rings is 2. The van der Waals surface area contributed by atoms with Gasteiger partial charge in [0.2, 0.25) is 0 Å². The molecular formula is C25H27F3N2O4. The largest absolute Gasteiger partial charge is 0.573 e. The van der Waals surface area contributed by atoms with Crippen molar-refractivity contribution in [2.24, 2.45) is 5.92 Å². The molecule has 1 unspecified atom stereocenters. The summed E-state index contributed by atoms with van der Waals surface area (Å²) < 4.78 is 49.2. The Kier molecular flexibility index (Phi) is 8.20. The van der Waals surface area contributed by atoms with E-state index in [1.165, 1.54) is 12.1 Å². The van der Waals surface area contributed by atoms with E-state index in [2.05, 4.69) is 9.72 Å². The zero-order chi connectivity index (χ0) is 24.7. The Labute approximate surface area is 196 Å². The maximum atomic E-state index is 12.4. The molecule has 0 saturated carbocycles. The van der Waals surface area contributed by atoms with E-state index in [1.807, 2.05) is 42.7 Å². The molecule has 0 radical (unpaired) electrons. The van der Waals surface area contributed by atoms with Crippen LogP contribution < -0.4 is 9.47 Å². The van der Waals surface area contributed by atoms with Gasteiger partial charge in [-0.05, 0) is 56.0 Å². The lowest BCUT2D eigenvalue weighted by atomic mass is 10.0. The average Bonchev–Trinajstić information content (AvgIpc) is 3.11. The molecule has 182 valence electrons. The molecule has 1 N–H and O–H groups in total. The number of carboxylic acid groups (broad SMARTS) is 1. The maximum Gasteiger partial charge on any atom is 0.573 e. The number of halogens is 3. The summed E-state index contributed by atoms with van der Waals surface area (Å²) >= 11 is 0. The van der Waals surface area contributed by atoms with Crippen molar-refractivity contribution in [1.82, 2.24) is 9.55 Å². The highest BCUT2D eigenvalue weighted by Gasteiger charge is 2.31. The number of alkyl halides is 3. The Morgan fingerprint density at radius 2 is 1.85 bits per heavy atom. The Balaban J connectivity index is 1.70. The summed E-state index contributed by atoms with van der Waals surface area (Å²) in [5, 5.41) is 8.87. The molecule has 1 heterocycles. The predicted molar refractivity (Wildman–Crippen MR) is 121 cm³/mol. The second-order valence-electron chi connectivity index (χ2n) is 8.18. The third-order valence-corrected chi connectivity index (χ3v) is 5.32. The van der Waals surface area contributed by atoms with Crippen molar-refractivity contribution in [3.05, 3.63) is 66.0 Å². The van der Waals surface area contributed by atoms with Crippen LogP contribution in [-0.4, -0.2) is 33.6 Å². The van der Waals surface area contributed by atoms with Gasteiger partial charge in [-0.15, -0.1) is 13.2 Å². The monoisotopic (exact) mass is 476 g/mol. The van der Waals surface area contributed by atoms with Gasteiger partial charge in [0, 0.05) is 29.4 Å². The number of nitrogens with zero attached hydrogens (tertiary/aromatic N) is 2. The highest BCUT2D eigenvalue weighted by molar-refractivity contribution is 5.66. The summed E-state index contributed by atoms with van der Waals surface area (Å²) in [7, 11) is 0. The van der Waals surface area contributed by atoms with E-state index in [4.69, 9.17) is 9.84 Å². The summed E-state index contributed by atoms with van der Waals surface area (Å²) in [6.45, 7) is 4.75. The van der Waals surface area contributed by atoms with Gasteiger partial charge in [0.05, 0.1) is 13.2 Å². The zero-order valence-corrected chi connectivity index (χ0v) is 19.0. The van der Waals surface area contributed by atoms with Crippen LogP contribution in [0.4, 0.5) is 13.2 Å². The van der Waals surface area contributed by atoms with Gasteiger partial charge in [-0.3, -0.25) is 4.79 Å². The van der Waals surface area contributed by atoms with Crippen molar-refractivity contribution in [2.45, 2.75) is 46.0 Å². The van der Waals surface area contributed by atoms with Crippen molar-refractivity contribution >= 4 is 5.97 Å². The van der Waals surface area contributed by atoms with Gasteiger partial charge in [0.1, 0.15) is 17.3 Å². The molecule has 34 heavy (non-hydrogen) atoms. The number of aromatic nitrogens is 2. The standard InChI is InChI=1S/C25H27F3N2O4/c1-17(14-23(31)32)6-5-13-33-22-8-4-3-7-20(22)16-30-18(2)15-29-24(30)19-9-11-21(12-10-19)34-25(26,27)28/h3-4,7-12,15,17H,5-6,13-14,16H2,1-2H3,(H,31,32). The van der Waals surface area contributed by atoms with Gasteiger partial charge < -0.3 is 19.1 Å². The van der Waals surface area contributed by atoms with Crippen LogP contribution in [0, 0.1) is 12.8 Å². The van der Waals surface area contributed by atoms with E-state index >= 15 is 0 Å². The number of imidazole rings is 1. The number of ether oxygens (including phenoxy) is 2. The van der Waals surface area contributed by atoms with Crippen LogP contribution in [0.1, 0.15) is 37.4 Å². The summed E-state index contributed by atoms with van der Waals surface area (Å²) in [6.07, 6.45) is -1.39. The van der Waals surface area contributed by atoms with Crippen LogP contribution in [0.25, 0.3) is 11.4 Å². The van der Waals surface area contributed by atoms with Crippen LogP contribution in [0.15, 0.2) is 54.7 Å². The molecule has 0 aliphatic carbocycles. The van der Waals surface area contributed by atoms with Gasteiger partial charge in [-0.1, -0.05) is 25.1 Å². The van der Waals surface area contributed by atoms with Gasteiger partial charge in [-0.2, -0.15) is 0 Å². The van der Waals surface area contributed by atoms with Crippen LogP contribution >= 0.6 is 0 Å². The summed E-state index contributed by atoms with van der Waals surface area (Å²) in [5.74, 6) is 0.338. The molecule has 1 atom stereocenters. The number of aliphatic carboxylic acids is 1. The molecule has 1 aromatic heterocycles. The fourth-order valence-corrected chi connectivity index (χ4v) is 3.66. The van der Waals surface area contributed by atoms with Crippen molar-refractivity contribution < 1.29 is 32.5 Å². The van der Waals surface area contributed by atoms with Crippen LogP contribution in [-0.2, 0) is 11.3 Å². The summed E-state index contributed by atoms with van der Waals surface area (Å²) in [4.78, 5) is 15.2. The van der Waals surface area contributed by atoms with E-state index < -0.39 is 12.3 Å². The van der Waals surface area contributed by atoms with Crippen molar-refractivity contribution in [3.8, 4) is 22.9 Å². The first-order valence-corrected chi connectivity index (χ1v) is 10.9. The first-order valence-electron chi connectivity index (χ1n) is 10.9. The molecule has 0 aliphatic heterocycles. The van der Waals surface area contributed by atoms with Gasteiger partial charge in [0.25, 0.3) is 0 Å². The minimum absolute atomic E-state index is 0.0837. The number of hydrogen-bond acceptors (Lipinski definition) is 4. The second-order valence-corrected chi connectivity index (χ2v) is 8.18. The van der Waals surface area contributed by atoms with Crippen LogP contribution in [0.3, 0.4) is 0 Å². The first-order chi connectivity index (χ1) is 16.1. The van der Waals surface area contributed by atoms with Crippen molar-refractivity contribution in [2.75, 3.05) is 6.61 Å². The SMILES string of the molecule is Cc1cnc(-c2ccc(OC(F)(F)F)cc2)n1Cc1ccccc1OCCCC(C)CC(=O)O. The maximum absolute atomic E-state index is 12.4. The van der Waals surface area contributed by atoms with Gasteiger partial charge in [0.15, 0.2) is 0 Å². The number of aryl methyl sites for hydroxylation is 1. The molecule has 0 aliphatic rings. The van der Waals surface area contributed by atoms with Crippen molar-refractivity contribution in [3.63, 3.8) is 0 Å². The molecule has 0 amide bonds. The number of carbonyl (C=O) groups is 1. The number of para-hydroxylation sites is 1. The normalized spacial score (nSPS) is 12.4. The first kappa shape index (κ1) is 25.1.